The van der Waals surface area contributed by atoms with E-state index in [0.717, 1.165) is 17.1 Å². The molecule has 1 N–H and O–H groups in total. The number of carbonyl (C=O) groups is 1. The predicted molar refractivity (Wildman–Crippen MR) is 93.3 cm³/mol. The summed E-state index contributed by atoms with van der Waals surface area (Å²) in [6, 6.07) is 16.8. The van der Waals surface area contributed by atoms with Gasteiger partial charge in [0.05, 0.1) is 25.2 Å². The van der Waals surface area contributed by atoms with Crippen molar-refractivity contribution in [3.8, 4) is 11.5 Å². The second kappa shape index (κ2) is 7.07. The number of fused-ring (bicyclic) bond motifs is 1. The molecule has 6 nitrogen and oxygen atoms in total. The van der Waals surface area contributed by atoms with Crippen LogP contribution >= 0.6 is 0 Å². The van der Waals surface area contributed by atoms with Gasteiger partial charge in [-0.15, -0.1) is 0 Å². The molecule has 2 saturated heterocycles. The quantitative estimate of drug-likeness (QED) is 0.832. The fourth-order valence-corrected chi connectivity index (χ4v) is 3.48. The van der Waals surface area contributed by atoms with Gasteiger partial charge in [0, 0.05) is 0 Å². The molecule has 0 unspecified atom stereocenters. The number of ether oxygens (including phenoxy) is 2. The lowest BCUT2D eigenvalue weighted by Crippen LogP contribution is -2.35. The average molecular weight is 355 g/mol. The summed E-state index contributed by atoms with van der Waals surface area (Å²) in [5.74, 6) is 1.09. The highest BCUT2D eigenvalue weighted by Gasteiger charge is 2.54. The second-order valence-corrected chi connectivity index (χ2v) is 6.68. The zero-order valence-electron chi connectivity index (χ0n) is 14.4. The molecule has 136 valence electrons. The Kier molecular flexibility index (Phi) is 4.63. The molecule has 2 aromatic carbocycles. The van der Waals surface area contributed by atoms with Gasteiger partial charge < -0.3 is 14.6 Å². The summed E-state index contributed by atoms with van der Waals surface area (Å²) in [4.78, 5) is 17.9. The van der Waals surface area contributed by atoms with Gasteiger partial charge in [-0.3, -0.25) is 9.63 Å². The maximum atomic E-state index is 12.0. The lowest BCUT2D eigenvalue weighted by Gasteiger charge is -2.21. The van der Waals surface area contributed by atoms with Crippen molar-refractivity contribution in [1.82, 2.24) is 5.06 Å². The Hall–Kier alpha value is -2.41. The number of carbonyl (C=O) groups excluding carboxylic acids is 1. The first-order valence-corrected chi connectivity index (χ1v) is 8.72. The van der Waals surface area contributed by atoms with Gasteiger partial charge in [-0.05, 0) is 36.8 Å². The maximum absolute atomic E-state index is 12.0. The van der Waals surface area contributed by atoms with Crippen molar-refractivity contribution in [2.75, 3.05) is 6.61 Å². The number of hydrogen-bond acceptors (Lipinski definition) is 6. The Morgan fingerprint density at radius 3 is 2.54 bits per heavy atom. The van der Waals surface area contributed by atoms with Gasteiger partial charge in [0.2, 0.25) is 0 Å². The normalized spacial score (nSPS) is 26.4. The summed E-state index contributed by atoms with van der Waals surface area (Å²) >= 11 is 0. The molecular weight excluding hydrogens is 334 g/mol. The van der Waals surface area contributed by atoms with Crippen molar-refractivity contribution in [3.63, 3.8) is 0 Å². The Labute approximate surface area is 151 Å². The van der Waals surface area contributed by atoms with Crippen molar-refractivity contribution in [1.29, 1.82) is 0 Å². The van der Waals surface area contributed by atoms with Crippen LogP contribution in [-0.2, 0) is 20.9 Å². The van der Waals surface area contributed by atoms with Gasteiger partial charge in [0.15, 0.2) is 0 Å². The number of rotatable bonds is 5. The molecule has 0 saturated carbocycles. The Morgan fingerprint density at radius 2 is 1.85 bits per heavy atom. The number of para-hydroxylation sites is 1. The number of aliphatic hydroxyl groups is 1. The highest BCUT2D eigenvalue weighted by Crippen LogP contribution is 2.36. The smallest absolute Gasteiger partial charge is 0.326 e. The van der Waals surface area contributed by atoms with Crippen molar-refractivity contribution < 1.29 is 24.2 Å². The first-order valence-electron chi connectivity index (χ1n) is 8.72. The summed E-state index contributed by atoms with van der Waals surface area (Å²) in [6.07, 6.45) is -1.09. The fraction of sp³-hybridized carbons (Fsp3) is 0.350. The van der Waals surface area contributed by atoms with Gasteiger partial charge in [-0.2, -0.15) is 5.06 Å². The molecule has 0 aromatic heterocycles. The van der Waals surface area contributed by atoms with Crippen LogP contribution in [0.3, 0.4) is 0 Å². The maximum Gasteiger partial charge on any atom is 0.326 e. The molecule has 0 bridgehead atoms. The topological polar surface area (TPSA) is 68.2 Å². The van der Waals surface area contributed by atoms with Gasteiger partial charge in [0.1, 0.15) is 23.6 Å². The molecule has 2 heterocycles. The van der Waals surface area contributed by atoms with Crippen molar-refractivity contribution in [3.05, 3.63) is 60.2 Å². The summed E-state index contributed by atoms with van der Waals surface area (Å²) in [6.45, 7) is 2.40. The molecule has 2 aromatic rings. The average Bonchev–Trinajstić information content (AvgIpc) is 3.19. The third-order valence-electron chi connectivity index (χ3n) is 4.77. The van der Waals surface area contributed by atoms with E-state index < -0.39 is 18.2 Å². The molecule has 4 atom stereocenters. The molecule has 0 amide bonds. The van der Waals surface area contributed by atoms with E-state index in [2.05, 4.69) is 0 Å². The van der Waals surface area contributed by atoms with Crippen LogP contribution in [-0.4, -0.2) is 41.0 Å². The second-order valence-electron chi connectivity index (χ2n) is 6.68. The first kappa shape index (κ1) is 17.0. The monoisotopic (exact) mass is 355 g/mol. The lowest BCUT2D eigenvalue weighted by molar-refractivity contribution is -0.202. The molecule has 26 heavy (non-hydrogen) atoms. The van der Waals surface area contributed by atoms with E-state index >= 15 is 0 Å². The van der Waals surface area contributed by atoms with E-state index in [1.165, 1.54) is 0 Å². The molecule has 0 spiro atoms. The third kappa shape index (κ3) is 3.31. The van der Waals surface area contributed by atoms with Gasteiger partial charge >= 0.3 is 5.97 Å². The van der Waals surface area contributed by atoms with Gasteiger partial charge in [0.25, 0.3) is 0 Å². The highest BCUT2D eigenvalue weighted by molar-refractivity contribution is 5.78. The van der Waals surface area contributed by atoms with Gasteiger partial charge in [-0.1, -0.05) is 30.3 Å². The van der Waals surface area contributed by atoms with Crippen LogP contribution < -0.4 is 4.74 Å². The molecule has 4 rings (SSSR count). The molecule has 6 heteroatoms. The molecule has 2 aliphatic rings. The summed E-state index contributed by atoms with van der Waals surface area (Å²) in [5, 5.41) is 11.5. The number of aliphatic hydroxyl groups excluding tert-OH is 1. The zero-order chi connectivity index (χ0) is 18.1. The minimum atomic E-state index is -0.663. The van der Waals surface area contributed by atoms with Crippen LogP contribution in [0.4, 0.5) is 0 Å². The van der Waals surface area contributed by atoms with E-state index in [1.54, 1.807) is 12.0 Å². The Balaban J connectivity index is 1.44. The Morgan fingerprint density at radius 1 is 1.15 bits per heavy atom. The van der Waals surface area contributed by atoms with Crippen LogP contribution in [0.25, 0.3) is 0 Å². The molecule has 0 aliphatic carbocycles. The number of cyclic esters (lactones) is 1. The molecule has 2 aliphatic heterocycles. The van der Waals surface area contributed by atoms with E-state index in [-0.39, 0.29) is 11.9 Å². The van der Waals surface area contributed by atoms with Crippen molar-refractivity contribution in [2.24, 2.45) is 5.92 Å². The number of hydrogen-bond donors (Lipinski definition) is 1. The summed E-state index contributed by atoms with van der Waals surface area (Å²) in [7, 11) is 0. The zero-order valence-corrected chi connectivity index (χ0v) is 14.4. The van der Waals surface area contributed by atoms with Crippen LogP contribution in [0.1, 0.15) is 12.5 Å². The van der Waals surface area contributed by atoms with E-state index in [1.807, 2.05) is 54.6 Å². The third-order valence-corrected chi connectivity index (χ3v) is 4.77. The fourth-order valence-electron chi connectivity index (χ4n) is 3.48. The molecular formula is C20H21NO5. The number of esters is 1. The SMILES string of the molecule is C[C@H](O)[C@@H]1ON(Cc2ccc(Oc3ccccc3)cc2)[C@@H]2C(=O)OC[C@H]12. The van der Waals surface area contributed by atoms with Crippen LogP contribution in [0.2, 0.25) is 0 Å². The highest BCUT2D eigenvalue weighted by atomic mass is 16.7. The van der Waals surface area contributed by atoms with Crippen molar-refractivity contribution >= 4 is 5.97 Å². The predicted octanol–water partition coefficient (Wildman–Crippen LogP) is 2.52. The summed E-state index contributed by atoms with van der Waals surface area (Å²) < 4.78 is 10.9. The minimum absolute atomic E-state index is 0.136. The van der Waals surface area contributed by atoms with Crippen LogP contribution in [0.5, 0.6) is 11.5 Å². The van der Waals surface area contributed by atoms with E-state index in [0.29, 0.717) is 13.2 Å². The molecule has 2 fully saturated rings. The van der Waals surface area contributed by atoms with E-state index in [4.69, 9.17) is 14.3 Å². The van der Waals surface area contributed by atoms with Crippen LogP contribution in [0, 0.1) is 5.92 Å². The lowest BCUT2D eigenvalue weighted by atomic mass is 9.95. The Bertz CT molecular complexity index is 762. The number of hydroxylamine groups is 2. The van der Waals surface area contributed by atoms with Gasteiger partial charge in [-0.25, -0.2) is 0 Å². The number of nitrogens with zero attached hydrogens (tertiary/aromatic N) is 1. The molecule has 0 radical (unpaired) electrons. The first-order chi connectivity index (χ1) is 12.6. The number of benzene rings is 2. The largest absolute Gasteiger partial charge is 0.464 e. The standard InChI is InChI=1S/C20H21NO5/c1-13(22)19-17-12-24-20(23)18(17)21(26-19)11-14-7-9-16(10-8-14)25-15-5-3-2-4-6-15/h2-10,13,17-19,22H,11-12H2,1H3/t13-,17-,18-,19-/m0/s1. The minimum Gasteiger partial charge on any atom is -0.464 e. The summed E-state index contributed by atoms with van der Waals surface area (Å²) in [5.41, 5.74) is 0.982. The van der Waals surface area contributed by atoms with Crippen molar-refractivity contribution in [2.45, 2.75) is 31.7 Å². The van der Waals surface area contributed by atoms with E-state index in [9.17, 15) is 9.90 Å². The van der Waals surface area contributed by atoms with Crippen LogP contribution in [0.15, 0.2) is 54.6 Å².